The van der Waals surface area contributed by atoms with Gasteiger partial charge in [0.25, 0.3) is 5.91 Å². The molecule has 1 atom stereocenters. The summed E-state index contributed by atoms with van der Waals surface area (Å²) >= 11 is 6.03. The van der Waals surface area contributed by atoms with Crippen molar-refractivity contribution in [2.45, 2.75) is 19.5 Å². The predicted molar refractivity (Wildman–Crippen MR) is 64.7 cm³/mol. The van der Waals surface area contributed by atoms with Crippen molar-refractivity contribution < 1.29 is 4.79 Å². The van der Waals surface area contributed by atoms with Crippen molar-refractivity contribution >= 4 is 17.5 Å². The molecule has 1 aromatic rings. The monoisotopic (exact) mass is 241 g/mol. The summed E-state index contributed by atoms with van der Waals surface area (Å²) in [5, 5.41) is 0.703. The number of halogens is 1. The lowest BCUT2D eigenvalue weighted by atomic mass is 10.2. The van der Waals surface area contributed by atoms with Crippen LogP contribution in [0.25, 0.3) is 0 Å². The van der Waals surface area contributed by atoms with E-state index in [9.17, 15) is 4.79 Å². The maximum absolute atomic E-state index is 11.3. The average Bonchev–Trinajstić information content (AvgIpc) is 2.30. The molecule has 5 heteroatoms. The molecule has 88 valence electrons. The summed E-state index contributed by atoms with van der Waals surface area (Å²) in [6, 6.07) is 7.27. The fraction of sp³-hybridized carbons (Fsp3) is 0.364. The number of hydrogen-bond donors (Lipinski definition) is 2. The molecule has 1 rings (SSSR count). The normalized spacial score (nSPS) is 12.6. The Morgan fingerprint density at radius 3 is 2.75 bits per heavy atom. The molecule has 0 saturated carbocycles. The maximum Gasteiger partial charge on any atom is 0.250 e. The van der Waals surface area contributed by atoms with E-state index in [-0.39, 0.29) is 11.9 Å². The number of likely N-dealkylation sites (N-methyl/N-ethyl adjacent to an activating group) is 1. The Morgan fingerprint density at radius 2 is 2.19 bits per heavy atom. The van der Waals surface area contributed by atoms with Gasteiger partial charge in [0.05, 0.1) is 6.04 Å². The van der Waals surface area contributed by atoms with E-state index in [1.54, 1.807) is 6.92 Å². The maximum atomic E-state index is 11.3. The van der Waals surface area contributed by atoms with Crippen molar-refractivity contribution in [3.05, 3.63) is 34.9 Å². The molecule has 4 nitrogen and oxygen atoms in total. The Bertz CT molecular complexity index is 370. The lowest BCUT2D eigenvalue weighted by Gasteiger charge is -2.23. The number of carbonyl (C=O) groups is 1. The Labute approximate surface area is 100 Å². The van der Waals surface area contributed by atoms with Gasteiger partial charge < -0.3 is 0 Å². The largest absolute Gasteiger partial charge is 0.293 e. The highest BCUT2D eigenvalue weighted by atomic mass is 35.5. The lowest BCUT2D eigenvalue weighted by Crippen LogP contribution is -2.45. The van der Waals surface area contributed by atoms with E-state index >= 15 is 0 Å². The van der Waals surface area contributed by atoms with Crippen molar-refractivity contribution in [1.29, 1.82) is 0 Å². The molecular formula is C11H16ClN3O. The van der Waals surface area contributed by atoms with Gasteiger partial charge in [0, 0.05) is 11.6 Å². The van der Waals surface area contributed by atoms with E-state index in [1.807, 2.05) is 36.2 Å². The van der Waals surface area contributed by atoms with Gasteiger partial charge >= 0.3 is 0 Å². The minimum atomic E-state index is -0.290. The van der Waals surface area contributed by atoms with Gasteiger partial charge in [0.1, 0.15) is 0 Å². The number of nitrogens with zero attached hydrogens (tertiary/aromatic N) is 1. The summed E-state index contributed by atoms with van der Waals surface area (Å²) in [5.74, 6) is 4.87. The smallest absolute Gasteiger partial charge is 0.250 e. The second-order valence-electron chi connectivity index (χ2n) is 3.69. The molecule has 0 aliphatic carbocycles. The molecule has 0 aliphatic rings. The Morgan fingerprint density at radius 1 is 1.56 bits per heavy atom. The summed E-state index contributed by atoms with van der Waals surface area (Å²) in [6.45, 7) is 2.40. The van der Waals surface area contributed by atoms with Gasteiger partial charge in [-0.3, -0.25) is 15.1 Å². The SMILES string of the molecule is CC(C(=O)NN)N(C)Cc1ccccc1Cl. The molecule has 1 amide bonds. The van der Waals surface area contributed by atoms with E-state index in [4.69, 9.17) is 17.4 Å². The third kappa shape index (κ3) is 3.20. The van der Waals surface area contributed by atoms with Crippen LogP contribution < -0.4 is 11.3 Å². The zero-order valence-electron chi connectivity index (χ0n) is 9.40. The van der Waals surface area contributed by atoms with Gasteiger partial charge in [-0.15, -0.1) is 0 Å². The molecule has 0 aliphatic heterocycles. The van der Waals surface area contributed by atoms with E-state index in [0.29, 0.717) is 11.6 Å². The molecule has 0 saturated heterocycles. The minimum absolute atomic E-state index is 0.213. The molecule has 0 aromatic heterocycles. The van der Waals surface area contributed by atoms with Gasteiger partial charge in [0.15, 0.2) is 0 Å². The first-order valence-electron chi connectivity index (χ1n) is 5.00. The molecule has 3 N–H and O–H groups in total. The fourth-order valence-electron chi connectivity index (χ4n) is 1.35. The number of hydrazine groups is 1. The van der Waals surface area contributed by atoms with Crippen LogP contribution in [0.15, 0.2) is 24.3 Å². The van der Waals surface area contributed by atoms with Gasteiger partial charge in [-0.25, -0.2) is 5.84 Å². The molecular weight excluding hydrogens is 226 g/mol. The zero-order chi connectivity index (χ0) is 12.1. The number of amides is 1. The van der Waals surface area contributed by atoms with Gasteiger partial charge in [-0.1, -0.05) is 29.8 Å². The molecule has 1 unspecified atom stereocenters. The molecule has 1 aromatic carbocycles. The first kappa shape index (κ1) is 13.0. The number of carbonyl (C=O) groups excluding carboxylic acids is 1. The van der Waals surface area contributed by atoms with Crippen LogP contribution in [-0.2, 0) is 11.3 Å². The number of benzene rings is 1. The molecule has 16 heavy (non-hydrogen) atoms. The summed E-state index contributed by atoms with van der Waals surface area (Å²) in [6.07, 6.45) is 0. The number of nitrogens with one attached hydrogen (secondary N) is 1. The Kier molecular flexibility index (Phi) is 4.73. The molecule has 0 bridgehead atoms. The van der Waals surface area contributed by atoms with Crippen molar-refractivity contribution in [2.24, 2.45) is 5.84 Å². The van der Waals surface area contributed by atoms with Crippen LogP contribution in [0.5, 0.6) is 0 Å². The number of rotatable bonds is 4. The number of hydrogen-bond acceptors (Lipinski definition) is 3. The number of nitrogens with two attached hydrogens (primary N) is 1. The molecule has 0 heterocycles. The Hall–Kier alpha value is -1.10. The lowest BCUT2D eigenvalue weighted by molar-refractivity contribution is -0.125. The summed E-state index contributed by atoms with van der Waals surface area (Å²) in [7, 11) is 1.85. The van der Waals surface area contributed by atoms with E-state index in [1.165, 1.54) is 0 Å². The van der Waals surface area contributed by atoms with Crippen molar-refractivity contribution in [1.82, 2.24) is 10.3 Å². The average molecular weight is 242 g/mol. The van der Waals surface area contributed by atoms with Crippen molar-refractivity contribution in [3.8, 4) is 0 Å². The third-order valence-corrected chi connectivity index (χ3v) is 2.93. The summed E-state index contributed by atoms with van der Waals surface area (Å²) in [4.78, 5) is 13.2. The van der Waals surface area contributed by atoms with Gasteiger partial charge in [-0.2, -0.15) is 0 Å². The highest BCUT2D eigenvalue weighted by Gasteiger charge is 2.17. The molecule has 0 radical (unpaired) electrons. The van der Waals surface area contributed by atoms with Crippen LogP contribution in [0.1, 0.15) is 12.5 Å². The summed E-state index contributed by atoms with van der Waals surface area (Å²) in [5.41, 5.74) is 3.12. The van der Waals surface area contributed by atoms with Crippen LogP contribution in [0.4, 0.5) is 0 Å². The van der Waals surface area contributed by atoms with E-state index < -0.39 is 0 Å². The first-order chi connectivity index (χ1) is 7.56. The first-order valence-corrected chi connectivity index (χ1v) is 5.38. The van der Waals surface area contributed by atoms with Gasteiger partial charge in [-0.05, 0) is 25.6 Å². The van der Waals surface area contributed by atoms with Crippen LogP contribution in [-0.4, -0.2) is 23.9 Å². The zero-order valence-corrected chi connectivity index (χ0v) is 10.2. The topological polar surface area (TPSA) is 58.4 Å². The van der Waals surface area contributed by atoms with Crippen molar-refractivity contribution in [2.75, 3.05) is 7.05 Å². The van der Waals surface area contributed by atoms with Gasteiger partial charge in [0.2, 0.25) is 0 Å². The third-order valence-electron chi connectivity index (χ3n) is 2.56. The second-order valence-corrected chi connectivity index (χ2v) is 4.10. The van der Waals surface area contributed by atoms with Crippen LogP contribution >= 0.6 is 11.6 Å². The quantitative estimate of drug-likeness (QED) is 0.472. The highest BCUT2D eigenvalue weighted by Crippen LogP contribution is 2.17. The highest BCUT2D eigenvalue weighted by molar-refractivity contribution is 6.31. The minimum Gasteiger partial charge on any atom is -0.293 e. The predicted octanol–water partition coefficient (Wildman–Crippen LogP) is 1.15. The molecule has 0 spiro atoms. The van der Waals surface area contributed by atoms with Crippen LogP contribution in [0.2, 0.25) is 5.02 Å². The van der Waals surface area contributed by atoms with E-state index in [0.717, 1.165) is 5.56 Å². The van der Waals surface area contributed by atoms with Crippen molar-refractivity contribution in [3.63, 3.8) is 0 Å². The van der Waals surface area contributed by atoms with E-state index in [2.05, 4.69) is 5.43 Å². The Balaban J connectivity index is 2.68. The fourth-order valence-corrected chi connectivity index (χ4v) is 1.55. The second kappa shape index (κ2) is 5.84. The standard InChI is InChI=1S/C11H16ClN3O/c1-8(11(16)14-13)15(2)7-9-5-3-4-6-10(9)12/h3-6,8H,7,13H2,1-2H3,(H,14,16). The van der Waals surface area contributed by atoms with Crippen LogP contribution in [0.3, 0.4) is 0 Å². The summed E-state index contributed by atoms with van der Waals surface area (Å²) < 4.78 is 0. The molecule has 0 fully saturated rings. The van der Waals surface area contributed by atoms with Crippen LogP contribution in [0, 0.1) is 0 Å².